The number of hydrogen-bond acceptors (Lipinski definition) is 4. The number of nitrogens with zero attached hydrogens (tertiary/aromatic N) is 2. The number of ether oxygens (including phenoxy) is 1. The molecule has 1 saturated heterocycles. The number of hydrogen-bond donors (Lipinski definition) is 1. The summed E-state index contributed by atoms with van der Waals surface area (Å²) in [4.78, 5) is 6.35. The third kappa shape index (κ3) is 5.16. The van der Waals surface area contributed by atoms with Crippen molar-refractivity contribution in [3.63, 3.8) is 0 Å². The van der Waals surface area contributed by atoms with Crippen molar-refractivity contribution in [2.24, 2.45) is 0 Å². The molecule has 3 rings (SSSR count). The molecule has 2 heterocycles. The molecule has 1 fully saturated rings. The Morgan fingerprint density at radius 3 is 2.88 bits per heavy atom. The van der Waals surface area contributed by atoms with Crippen molar-refractivity contribution < 1.29 is 14.2 Å². The van der Waals surface area contributed by atoms with Crippen molar-refractivity contribution in [2.45, 2.75) is 38.3 Å². The molecule has 1 aliphatic heterocycles. The summed E-state index contributed by atoms with van der Waals surface area (Å²) < 4.78 is 18.8. The number of aryl methyl sites for hydroxylation is 1. The van der Waals surface area contributed by atoms with Gasteiger partial charge in [0.05, 0.1) is 22.5 Å². The zero-order chi connectivity index (χ0) is 18.6. The van der Waals surface area contributed by atoms with E-state index in [9.17, 15) is 9.50 Å². The molecule has 0 spiro atoms. The summed E-state index contributed by atoms with van der Waals surface area (Å²) in [5.41, 5.74) is 1.02. The highest BCUT2D eigenvalue weighted by molar-refractivity contribution is 6.32. The van der Waals surface area contributed by atoms with E-state index in [0.29, 0.717) is 30.2 Å². The van der Waals surface area contributed by atoms with Crippen LogP contribution in [-0.4, -0.2) is 40.3 Å². The van der Waals surface area contributed by atoms with Gasteiger partial charge in [0.2, 0.25) is 0 Å². The predicted molar refractivity (Wildman–Crippen MR) is 100.0 cm³/mol. The Hall–Kier alpha value is -1.69. The van der Waals surface area contributed by atoms with Gasteiger partial charge in [-0.2, -0.15) is 0 Å². The molecule has 140 valence electrons. The summed E-state index contributed by atoms with van der Waals surface area (Å²) in [6, 6.07) is 8.75. The fraction of sp³-hybridized carbons (Fsp3) is 0.450. The maximum Gasteiger partial charge on any atom is 0.141 e. The van der Waals surface area contributed by atoms with Crippen LogP contribution in [0.2, 0.25) is 5.02 Å². The Labute approximate surface area is 158 Å². The highest BCUT2D eigenvalue weighted by Crippen LogP contribution is 2.29. The van der Waals surface area contributed by atoms with Crippen LogP contribution in [0.5, 0.6) is 5.75 Å². The summed E-state index contributed by atoms with van der Waals surface area (Å²) in [6.07, 6.45) is 3.38. The van der Waals surface area contributed by atoms with Crippen molar-refractivity contribution in [3.05, 3.63) is 58.6 Å². The molecule has 0 amide bonds. The first-order chi connectivity index (χ1) is 12.4. The zero-order valence-corrected chi connectivity index (χ0v) is 15.7. The highest BCUT2D eigenvalue weighted by Gasteiger charge is 2.31. The largest absolute Gasteiger partial charge is 0.489 e. The number of aliphatic hydroxyl groups is 1. The molecule has 1 aromatic heterocycles. The van der Waals surface area contributed by atoms with Crippen LogP contribution in [0.3, 0.4) is 0 Å². The SMILES string of the molecule is Cc1ccc(Cl)c(OCC2(O)CCCN(Cc3ccc(F)cn3)CC2)c1. The van der Waals surface area contributed by atoms with E-state index in [0.717, 1.165) is 30.8 Å². The van der Waals surface area contributed by atoms with Crippen LogP contribution in [0.1, 0.15) is 30.5 Å². The van der Waals surface area contributed by atoms with Gasteiger partial charge in [0.15, 0.2) is 0 Å². The maximum atomic E-state index is 13.0. The van der Waals surface area contributed by atoms with Crippen LogP contribution in [-0.2, 0) is 6.54 Å². The zero-order valence-electron chi connectivity index (χ0n) is 14.9. The van der Waals surface area contributed by atoms with Crippen molar-refractivity contribution in [2.75, 3.05) is 19.7 Å². The second-order valence-corrected chi connectivity index (χ2v) is 7.45. The number of benzene rings is 1. The Morgan fingerprint density at radius 1 is 1.27 bits per heavy atom. The van der Waals surface area contributed by atoms with Crippen LogP contribution in [0, 0.1) is 12.7 Å². The minimum atomic E-state index is -0.877. The monoisotopic (exact) mass is 378 g/mol. The lowest BCUT2D eigenvalue weighted by atomic mass is 9.96. The Bertz CT molecular complexity index is 741. The topological polar surface area (TPSA) is 45.6 Å². The van der Waals surface area contributed by atoms with Crippen LogP contribution in [0.25, 0.3) is 0 Å². The first kappa shape index (κ1) is 19.1. The molecular weight excluding hydrogens is 355 g/mol. The summed E-state index contributed by atoms with van der Waals surface area (Å²) in [7, 11) is 0. The van der Waals surface area contributed by atoms with Crippen LogP contribution in [0.15, 0.2) is 36.5 Å². The van der Waals surface area contributed by atoms with Gasteiger partial charge in [0, 0.05) is 13.1 Å². The summed E-state index contributed by atoms with van der Waals surface area (Å²) in [5.74, 6) is 0.280. The van der Waals surface area contributed by atoms with E-state index in [4.69, 9.17) is 16.3 Å². The van der Waals surface area contributed by atoms with E-state index in [-0.39, 0.29) is 12.4 Å². The number of aromatic nitrogens is 1. The van der Waals surface area contributed by atoms with Crippen molar-refractivity contribution in [1.82, 2.24) is 9.88 Å². The molecule has 1 aromatic carbocycles. The number of rotatable bonds is 5. The summed E-state index contributed by atoms with van der Waals surface area (Å²) in [5, 5.41) is 11.5. The normalized spacial score (nSPS) is 21.4. The van der Waals surface area contributed by atoms with Gasteiger partial charge in [-0.1, -0.05) is 17.7 Å². The molecule has 0 saturated carbocycles. The lowest BCUT2D eigenvalue weighted by Crippen LogP contribution is -2.37. The standard InChI is InChI=1S/C20H24ClFN2O2/c1-15-3-6-18(21)19(11-15)26-14-20(25)7-2-9-24(10-8-20)13-17-5-4-16(22)12-23-17/h3-6,11-12,25H,2,7-10,13-14H2,1H3. The van der Waals surface area contributed by atoms with E-state index in [1.54, 1.807) is 12.1 Å². The van der Waals surface area contributed by atoms with Gasteiger partial charge in [0.1, 0.15) is 18.2 Å². The molecule has 1 N–H and O–H groups in total. The lowest BCUT2D eigenvalue weighted by Gasteiger charge is -2.27. The number of pyridine rings is 1. The minimum absolute atomic E-state index is 0.221. The Morgan fingerprint density at radius 2 is 2.12 bits per heavy atom. The Balaban J connectivity index is 1.56. The van der Waals surface area contributed by atoms with E-state index >= 15 is 0 Å². The molecule has 2 aromatic rings. The van der Waals surface area contributed by atoms with Gasteiger partial charge in [0.25, 0.3) is 0 Å². The first-order valence-electron chi connectivity index (χ1n) is 8.88. The van der Waals surface area contributed by atoms with Crippen LogP contribution >= 0.6 is 11.6 Å². The second-order valence-electron chi connectivity index (χ2n) is 7.04. The molecule has 0 bridgehead atoms. The third-order valence-electron chi connectivity index (χ3n) is 4.77. The fourth-order valence-corrected chi connectivity index (χ4v) is 3.37. The van der Waals surface area contributed by atoms with Gasteiger partial charge in [-0.05, 0) is 62.6 Å². The van der Waals surface area contributed by atoms with Crippen molar-refractivity contribution >= 4 is 11.6 Å². The smallest absolute Gasteiger partial charge is 0.141 e. The minimum Gasteiger partial charge on any atom is -0.489 e. The molecule has 0 radical (unpaired) electrons. The highest BCUT2D eigenvalue weighted by atomic mass is 35.5. The molecule has 0 aliphatic carbocycles. The van der Waals surface area contributed by atoms with Gasteiger partial charge >= 0.3 is 0 Å². The van der Waals surface area contributed by atoms with Crippen LogP contribution < -0.4 is 4.74 Å². The molecule has 6 heteroatoms. The van der Waals surface area contributed by atoms with Gasteiger partial charge in [-0.25, -0.2) is 4.39 Å². The lowest BCUT2D eigenvalue weighted by molar-refractivity contribution is -0.0168. The number of likely N-dealkylation sites (tertiary alicyclic amines) is 1. The van der Waals surface area contributed by atoms with Crippen molar-refractivity contribution in [3.8, 4) is 5.75 Å². The predicted octanol–water partition coefficient (Wildman–Crippen LogP) is 3.98. The van der Waals surface area contributed by atoms with Gasteiger partial charge in [-0.15, -0.1) is 0 Å². The average Bonchev–Trinajstić information content (AvgIpc) is 2.80. The first-order valence-corrected chi connectivity index (χ1v) is 9.25. The molecule has 1 aliphatic rings. The number of halogens is 2. The summed E-state index contributed by atoms with van der Waals surface area (Å²) >= 11 is 6.17. The van der Waals surface area contributed by atoms with E-state index < -0.39 is 5.60 Å². The molecule has 1 atom stereocenters. The van der Waals surface area contributed by atoms with E-state index in [1.165, 1.54) is 12.3 Å². The van der Waals surface area contributed by atoms with E-state index in [1.807, 2.05) is 19.1 Å². The van der Waals surface area contributed by atoms with Crippen LogP contribution in [0.4, 0.5) is 4.39 Å². The second kappa shape index (κ2) is 8.33. The van der Waals surface area contributed by atoms with E-state index in [2.05, 4.69) is 9.88 Å². The van der Waals surface area contributed by atoms with Gasteiger partial charge < -0.3 is 9.84 Å². The molecule has 1 unspecified atom stereocenters. The Kier molecular flexibility index (Phi) is 6.12. The van der Waals surface area contributed by atoms with Crippen molar-refractivity contribution in [1.29, 1.82) is 0 Å². The quantitative estimate of drug-likeness (QED) is 0.854. The van der Waals surface area contributed by atoms with Gasteiger partial charge in [-0.3, -0.25) is 9.88 Å². The molecule has 4 nitrogen and oxygen atoms in total. The average molecular weight is 379 g/mol. The maximum absolute atomic E-state index is 13.0. The molecular formula is C20H24ClFN2O2. The fourth-order valence-electron chi connectivity index (χ4n) is 3.20. The summed E-state index contributed by atoms with van der Waals surface area (Å²) in [6.45, 7) is 4.46. The third-order valence-corrected chi connectivity index (χ3v) is 5.08. The molecule has 26 heavy (non-hydrogen) atoms.